The number of rotatable bonds is 7. The highest BCUT2D eigenvalue weighted by Gasteiger charge is 2.10. The monoisotopic (exact) mass is 310 g/mol. The zero-order valence-electron chi connectivity index (χ0n) is 11.7. The lowest BCUT2D eigenvalue weighted by Crippen LogP contribution is -2.25. The van der Waals surface area contributed by atoms with Gasteiger partial charge in [0.2, 0.25) is 0 Å². The summed E-state index contributed by atoms with van der Waals surface area (Å²) in [7, 11) is -3.20. The molecule has 0 aliphatic heterocycles. The fourth-order valence-corrected chi connectivity index (χ4v) is 2.47. The summed E-state index contributed by atoms with van der Waals surface area (Å²) < 4.78 is 24.4. The summed E-state index contributed by atoms with van der Waals surface area (Å²) in [5.74, 6) is 0. The van der Waals surface area contributed by atoms with Gasteiger partial charge in [0.15, 0.2) is 9.84 Å². The molecule has 21 heavy (non-hydrogen) atoms. The van der Waals surface area contributed by atoms with Crippen LogP contribution in [-0.2, 0) is 16.4 Å². The number of sulfone groups is 1. The van der Waals surface area contributed by atoms with E-state index in [0.29, 0.717) is 25.2 Å². The van der Waals surface area contributed by atoms with Crippen LogP contribution in [0.3, 0.4) is 0 Å². The smallest absolute Gasteiger partial charge is 0.175 e. The van der Waals surface area contributed by atoms with Gasteiger partial charge in [0, 0.05) is 25.5 Å². The number of nitrogens with one attached hydrogen (secondary N) is 1. The molecule has 0 spiro atoms. The lowest BCUT2D eigenvalue weighted by molar-refractivity contribution is 0.174. The van der Waals surface area contributed by atoms with E-state index >= 15 is 0 Å². The number of aliphatic hydroxyl groups is 1. The van der Waals surface area contributed by atoms with Gasteiger partial charge in [-0.1, -0.05) is 17.3 Å². The summed E-state index contributed by atoms with van der Waals surface area (Å²) in [5, 5.41) is 20.7. The Bertz CT molecular complexity index is 653. The molecule has 1 atom stereocenters. The Hall–Kier alpha value is -1.77. The molecule has 1 heterocycles. The van der Waals surface area contributed by atoms with Crippen molar-refractivity contribution in [3.8, 4) is 0 Å². The normalized spacial score (nSPS) is 13.2. The van der Waals surface area contributed by atoms with Gasteiger partial charge in [-0.3, -0.25) is 4.68 Å². The molecule has 0 aliphatic carbocycles. The van der Waals surface area contributed by atoms with E-state index < -0.39 is 15.9 Å². The first-order valence-electron chi connectivity index (χ1n) is 6.50. The minimum absolute atomic E-state index is 0.248. The summed E-state index contributed by atoms with van der Waals surface area (Å²) in [6.45, 7) is 1.70. The van der Waals surface area contributed by atoms with Crippen LogP contribution in [0.2, 0.25) is 0 Å². The number of nitrogens with zero attached hydrogens (tertiary/aromatic N) is 3. The molecule has 2 N–H and O–H groups in total. The van der Waals surface area contributed by atoms with Gasteiger partial charge in [-0.05, 0) is 17.7 Å². The van der Waals surface area contributed by atoms with Crippen LogP contribution in [0.1, 0.15) is 11.7 Å². The third-order valence-corrected chi connectivity index (χ3v) is 4.15. The third-order valence-electron chi connectivity index (χ3n) is 3.02. The van der Waals surface area contributed by atoms with Crippen LogP contribution in [0.4, 0.5) is 0 Å². The number of benzene rings is 1. The Morgan fingerprint density at radius 1 is 1.33 bits per heavy atom. The van der Waals surface area contributed by atoms with Gasteiger partial charge >= 0.3 is 0 Å². The van der Waals surface area contributed by atoms with Crippen molar-refractivity contribution in [1.29, 1.82) is 0 Å². The van der Waals surface area contributed by atoms with Crippen molar-refractivity contribution in [1.82, 2.24) is 20.3 Å². The molecule has 7 nitrogen and oxygen atoms in total. The van der Waals surface area contributed by atoms with E-state index in [2.05, 4.69) is 15.6 Å². The second-order valence-electron chi connectivity index (χ2n) is 4.73. The first-order valence-corrected chi connectivity index (χ1v) is 8.39. The van der Waals surface area contributed by atoms with Crippen molar-refractivity contribution in [2.75, 3.05) is 19.3 Å². The van der Waals surface area contributed by atoms with Gasteiger partial charge in [0.25, 0.3) is 0 Å². The van der Waals surface area contributed by atoms with E-state index in [0.717, 1.165) is 6.26 Å². The first kappa shape index (κ1) is 15.6. The van der Waals surface area contributed by atoms with Crippen molar-refractivity contribution >= 4 is 9.84 Å². The van der Waals surface area contributed by atoms with Crippen LogP contribution in [0.15, 0.2) is 41.6 Å². The summed E-state index contributed by atoms with van der Waals surface area (Å²) in [5.41, 5.74) is 0.677. The maximum absolute atomic E-state index is 11.3. The number of aromatic nitrogens is 3. The number of hydrogen-bond donors (Lipinski definition) is 2. The maximum atomic E-state index is 11.3. The molecule has 0 radical (unpaired) electrons. The summed E-state index contributed by atoms with van der Waals surface area (Å²) >= 11 is 0. The molecular formula is C13H18N4O3S. The van der Waals surface area contributed by atoms with Crippen molar-refractivity contribution < 1.29 is 13.5 Å². The van der Waals surface area contributed by atoms with Crippen molar-refractivity contribution in [2.24, 2.45) is 0 Å². The average molecular weight is 310 g/mol. The van der Waals surface area contributed by atoms with Gasteiger partial charge in [-0.2, -0.15) is 0 Å². The highest BCUT2D eigenvalue weighted by Crippen LogP contribution is 2.15. The molecule has 0 saturated carbocycles. The SMILES string of the molecule is CS(=O)(=O)c1ccc(C(O)CNCCn2ccnn2)cc1. The zero-order chi connectivity index (χ0) is 15.3. The highest BCUT2D eigenvalue weighted by atomic mass is 32.2. The quantitative estimate of drug-likeness (QED) is 0.699. The van der Waals surface area contributed by atoms with E-state index in [1.165, 1.54) is 12.1 Å². The lowest BCUT2D eigenvalue weighted by atomic mass is 10.1. The van der Waals surface area contributed by atoms with Crippen molar-refractivity contribution in [3.63, 3.8) is 0 Å². The summed E-state index contributed by atoms with van der Waals surface area (Å²) in [6.07, 6.45) is 3.85. The van der Waals surface area contributed by atoms with E-state index in [1.807, 2.05) is 0 Å². The molecule has 1 unspecified atom stereocenters. The highest BCUT2D eigenvalue weighted by molar-refractivity contribution is 7.90. The average Bonchev–Trinajstić information content (AvgIpc) is 2.96. The predicted octanol–water partition coefficient (Wildman–Crippen LogP) is 0.00480. The standard InChI is InChI=1S/C13H18N4O3S/c1-21(19,20)12-4-2-11(3-5-12)13(18)10-14-6-8-17-9-7-15-16-17/h2-5,7,9,13-14,18H,6,8,10H2,1H3. The molecule has 8 heteroatoms. The zero-order valence-corrected chi connectivity index (χ0v) is 12.5. The molecule has 0 fully saturated rings. The van der Waals surface area contributed by atoms with Gasteiger partial charge in [-0.15, -0.1) is 5.10 Å². The van der Waals surface area contributed by atoms with Crippen LogP contribution >= 0.6 is 0 Å². The molecule has 2 rings (SSSR count). The molecule has 2 aromatic rings. The Kier molecular flexibility index (Phi) is 5.05. The van der Waals surface area contributed by atoms with Crippen LogP contribution in [0, 0.1) is 0 Å². The lowest BCUT2D eigenvalue weighted by Gasteiger charge is -2.12. The molecule has 0 saturated heterocycles. The topological polar surface area (TPSA) is 97.1 Å². The fourth-order valence-electron chi connectivity index (χ4n) is 1.84. The van der Waals surface area contributed by atoms with Crippen LogP contribution in [0.25, 0.3) is 0 Å². The second-order valence-corrected chi connectivity index (χ2v) is 6.74. The summed E-state index contributed by atoms with van der Waals surface area (Å²) in [4.78, 5) is 0.248. The largest absolute Gasteiger partial charge is 0.387 e. The minimum atomic E-state index is -3.20. The molecule has 0 amide bonds. The van der Waals surface area contributed by atoms with E-state index in [-0.39, 0.29) is 4.90 Å². The van der Waals surface area contributed by atoms with E-state index in [1.54, 1.807) is 29.2 Å². The van der Waals surface area contributed by atoms with Gasteiger partial charge in [0.1, 0.15) is 0 Å². The Labute approximate surface area is 123 Å². The predicted molar refractivity (Wildman–Crippen MR) is 77.4 cm³/mol. The molecule has 1 aromatic carbocycles. The maximum Gasteiger partial charge on any atom is 0.175 e. The van der Waals surface area contributed by atoms with Crippen LogP contribution < -0.4 is 5.32 Å². The molecule has 1 aromatic heterocycles. The molecule has 114 valence electrons. The fraction of sp³-hybridized carbons (Fsp3) is 0.385. The Balaban J connectivity index is 1.81. The molecular weight excluding hydrogens is 292 g/mol. The third kappa shape index (κ3) is 4.62. The number of aliphatic hydroxyl groups excluding tert-OH is 1. The minimum Gasteiger partial charge on any atom is -0.387 e. The van der Waals surface area contributed by atoms with Crippen molar-refractivity contribution in [2.45, 2.75) is 17.5 Å². The van der Waals surface area contributed by atoms with Gasteiger partial charge in [-0.25, -0.2) is 8.42 Å². The summed E-state index contributed by atoms with van der Waals surface area (Å²) in [6, 6.07) is 6.26. The van der Waals surface area contributed by atoms with E-state index in [4.69, 9.17) is 0 Å². The van der Waals surface area contributed by atoms with E-state index in [9.17, 15) is 13.5 Å². The van der Waals surface area contributed by atoms with Crippen LogP contribution in [-0.4, -0.2) is 47.9 Å². The Morgan fingerprint density at radius 3 is 2.62 bits per heavy atom. The van der Waals surface area contributed by atoms with Gasteiger partial charge in [0.05, 0.1) is 23.7 Å². The second kappa shape index (κ2) is 6.79. The van der Waals surface area contributed by atoms with Crippen molar-refractivity contribution in [3.05, 3.63) is 42.2 Å². The number of hydrogen-bond acceptors (Lipinski definition) is 6. The molecule has 0 aliphatic rings. The van der Waals surface area contributed by atoms with Gasteiger partial charge < -0.3 is 10.4 Å². The van der Waals surface area contributed by atoms with Crippen LogP contribution in [0.5, 0.6) is 0 Å². The Morgan fingerprint density at radius 2 is 2.05 bits per heavy atom. The molecule has 0 bridgehead atoms. The first-order chi connectivity index (χ1) is 9.97.